The van der Waals surface area contributed by atoms with Crippen molar-refractivity contribution >= 4 is 5.97 Å². The van der Waals surface area contributed by atoms with Gasteiger partial charge in [-0.1, -0.05) is 60.1 Å². The molecule has 0 N–H and O–H groups in total. The summed E-state index contributed by atoms with van der Waals surface area (Å²) in [6.07, 6.45) is 13.4. The molecule has 5 aliphatic heterocycles. The van der Waals surface area contributed by atoms with Crippen molar-refractivity contribution in [3.63, 3.8) is 0 Å². The van der Waals surface area contributed by atoms with Crippen LogP contribution in [0.2, 0.25) is 0 Å². The van der Waals surface area contributed by atoms with Crippen molar-refractivity contribution in [2.45, 2.75) is 112 Å². The molecule has 4 saturated carbocycles. The van der Waals surface area contributed by atoms with Gasteiger partial charge in [-0.3, -0.25) is 4.79 Å². The molecule has 0 aromatic heterocycles. The van der Waals surface area contributed by atoms with Gasteiger partial charge in [-0.15, -0.1) is 0 Å². The van der Waals surface area contributed by atoms with Crippen LogP contribution in [0.1, 0.15) is 106 Å². The zero-order valence-corrected chi connectivity index (χ0v) is 21.7. The van der Waals surface area contributed by atoms with Gasteiger partial charge in [0.05, 0.1) is 5.41 Å². The average Bonchev–Trinajstić information content (AvgIpc) is 2.72. The Kier molecular flexibility index (Phi) is 4.24. The Morgan fingerprint density at radius 3 is 2.38 bits per heavy atom. The van der Waals surface area contributed by atoms with E-state index in [0.29, 0.717) is 34.5 Å². The van der Waals surface area contributed by atoms with Crippen LogP contribution in [0.5, 0.6) is 0 Å². The Morgan fingerprint density at radius 2 is 1.62 bits per heavy atom. The van der Waals surface area contributed by atoms with Gasteiger partial charge < -0.3 is 4.74 Å². The van der Waals surface area contributed by atoms with Crippen molar-refractivity contribution in [3.8, 4) is 0 Å². The summed E-state index contributed by atoms with van der Waals surface area (Å²) in [5, 5.41) is 0. The standard InChI is InChI=1S/C30H46O2/c1-18-10-15-30-17-16-28(6)20(24(30)19(18)2)8-9-22-27(5)13-12-23(32-25(30)31)26(3,4)21(27)11-14-29(22,28)7/h8,18-19,21-24H,9-17H2,1-7H3/t18-,19+,21?,22-,23+,24+,27-,28-,29-,30+/m1/s1. The highest BCUT2D eigenvalue weighted by atomic mass is 16.5. The van der Waals surface area contributed by atoms with Gasteiger partial charge >= 0.3 is 5.97 Å². The van der Waals surface area contributed by atoms with Crippen LogP contribution in [-0.4, -0.2) is 12.1 Å². The fraction of sp³-hybridized carbons (Fsp3) is 0.900. The number of esters is 1. The highest BCUT2D eigenvalue weighted by molar-refractivity contribution is 5.79. The maximum Gasteiger partial charge on any atom is 0.312 e. The second-order valence-electron chi connectivity index (χ2n) is 14.6. The molecule has 32 heavy (non-hydrogen) atoms. The Labute approximate surface area is 196 Å². The first-order valence-corrected chi connectivity index (χ1v) is 13.8. The van der Waals surface area contributed by atoms with E-state index in [4.69, 9.17) is 4.74 Å². The highest BCUT2D eigenvalue weighted by Crippen LogP contribution is 2.76. The van der Waals surface area contributed by atoms with Crippen LogP contribution in [0.4, 0.5) is 0 Å². The van der Waals surface area contributed by atoms with Crippen molar-refractivity contribution in [2.24, 2.45) is 56.7 Å². The van der Waals surface area contributed by atoms with Crippen molar-refractivity contribution in [1.82, 2.24) is 0 Å². The number of hydrogen-bond donors (Lipinski definition) is 0. The average molecular weight is 439 g/mol. The van der Waals surface area contributed by atoms with Gasteiger partial charge in [0.1, 0.15) is 6.10 Å². The topological polar surface area (TPSA) is 26.3 Å². The summed E-state index contributed by atoms with van der Waals surface area (Å²) in [4.78, 5) is 14.3. The lowest BCUT2D eigenvalue weighted by Crippen LogP contribution is -2.67. The summed E-state index contributed by atoms with van der Waals surface area (Å²) in [6.45, 7) is 17.7. The van der Waals surface area contributed by atoms with Crippen LogP contribution in [0.15, 0.2) is 11.6 Å². The largest absolute Gasteiger partial charge is 0.461 e. The monoisotopic (exact) mass is 438 g/mol. The molecule has 3 saturated heterocycles. The normalized spacial score (nSPS) is 58.0. The second-order valence-corrected chi connectivity index (χ2v) is 14.6. The molecule has 2 heteroatoms. The molecule has 10 aliphatic rings. The van der Waals surface area contributed by atoms with Gasteiger partial charge in [-0.25, -0.2) is 0 Å². The smallest absolute Gasteiger partial charge is 0.312 e. The summed E-state index contributed by atoms with van der Waals surface area (Å²) in [6, 6.07) is 0. The lowest BCUT2D eigenvalue weighted by Gasteiger charge is -2.72. The summed E-state index contributed by atoms with van der Waals surface area (Å²) in [5.41, 5.74) is 2.38. The molecule has 5 aliphatic carbocycles. The van der Waals surface area contributed by atoms with E-state index < -0.39 is 0 Å². The quantitative estimate of drug-likeness (QED) is 0.288. The van der Waals surface area contributed by atoms with Crippen LogP contribution >= 0.6 is 0 Å². The van der Waals surface area contributed by atoms with Gasteiger partial charge in [0, 0.05) is 5.41 Å². The Balaban J connectivity index is 1.63. The summed E-state index contributed by atoms with van der Waals surface area (Å²) >= 11 is 0. The maximum absolute atomic E-state index is 14.3. The first-order valence-electron chi connectivity index (χ1n) is 13.8. The van der Waals surface area contributed by atoms with E-state index in [9.17, 15) is 4.79 Å². The zero-order valence-electron chi connectivity index (χ0n) is 21.7. The van der Waals surface area contributed by atoms with E-state index in [2.05, 4.69) is 54.5 Å². The van der Waals surface area contributed by atoms with E-state index in [1.54, 1.807) is 5.57 Å². The molecule has 0 amide bonds. The molecule has 8 bridgehead atoms. The molecular weight excluding hydrogens is 392 g/mol. The highest BCUT2D eigenvalue weighted by Gasteiger charge is 2.71. The molecule has 178 valence electrons. The fourth-order valence-electron chi connectivity index (χ4n) is 11.3. The van der Waals surface area contributed by atoms with Crippen LogP contribution in [0.3, 0.4) is 0 Å². The van der Waals surface area contributed by atoms with Gasteiger partial charge in [-0.05, 0) is 104 Å². The Hall–Kier alpha value is -0.790. The number of allylic oxidation sites excluding steroid dienone is 2. The van der Waals surface area contributed by atoms with E-state index in [-0.39, 0.29) is 28.3 Å². The number of rotatable bonds is 0. The Morgan fingerprint density at radius 1 is 0.875 bits per heavy atom. The molecule has 5 heterocycles. The molecule has 2 nitrogen and oxygen atoms in total. The lowest BCUT2D eigenvalue weighted by atomic mass is 9.33. The van der Waals surface area contributed by atoms with Gasteiger partial charge in [-0.2, -0.15) is 0 Å². The number of carbonyl (C=O) groups excluding carboxylic acids is 1. The Bertz CT molecular complexity index is 885. The minimum atomic E-state index is -0.282. The molecule has 10 atom stereocenters. The third-order valence-electron chi connectivity index (χ3n) is 13.6. The van der Waals surface area contributed by atoms with Crippen LogP contribution < -0.4 is 0 Å². The van der Waals surface area contributed by atoms with Gasteiger partial charge in [0.25, 0.3) is 0 Å². The predicted octanol–water partition coefficient (Wildman–Crippen LogP) is 7.57. The number of carbonyl (C=O) groups is 1. The predicted molar refractivity (Wildman–Crippen MR) is 129 cm³/mol. The maximum atomic E-state index is 14.3. The molecule has 1 spiro atoms. The van der Waals surface area contributed by atoms with E-state index >= 15 is 0 Å². The lowest BCUT2D eigenvalue weighted by molar-refractivity contribution is -0.233. The van der Waals surface area contributed by atoms with Crippen molar-refractivity contribution < 1.29 is 9.53 Å². The molecule has 0 radical (unpaired) electrons. The zero-order chi connectivity index (χ0) is 22.9. The summed E-state index contributed by atoms with van der Waals surface area (Å²) < 4.78 is 6.69. The molecule has 0 aromatic carbocycles. The van der Waals surface area contributed by atoms with Gasteiger partial charge in [0.15, 0.2) is 0 Å². The molecule has 10 rings (SSSR count). The van der Waals surface area contributed by atoms with Crippen LogP contribution in [0.25, 0.3) is 0 Å². The first kappa shape index (κ1) is 21.7. The number of hydrogen-bond acceptors (Lipinski definition) is 2. The third-order valence-corrected chi connectivity index (χ3v) is 13.6. The van der Waals surface area contributed by atoms with E-state index in [1.807, 2.05) is 0 Å². The molecule has 0 aromatic rings. The summed E-state index contributed by atoms with van der Waals surface area (Å²) in [5.74, 6) is 3.19. The molecule has 7 fully saturated rings. The van der Waals surface area contributed by atoms with Crippen molar-refractivity contribution in [1.29, 1.82) is 0 Å². The van der Waals surface area contributed by atoms with E-state index in [1.165, 1.54) is 38.5 Å². The molecule has 1 unspecified atom stereocenters. The molecular formula is C30H46O2. The second kappa shape index (κ2) is 6.25. The van der Waals surface area contributed by atoms with E-state index in [0.717, 1.165) is 25.2 Å². The number of ether oxygens (including phenoxy) is 1. The van der Waals surface area contributed by atoms with Crippen LogP contribution in [0, 0.1) is 56.7 Å². The van der Waals surface area contributed by atoms with Gasteiger partial charge in [0.2, 0.25) is 0 Å². The third kappa shape index (κ3) is 2.23. The summed E-state index contributed by atoms with van der Waals surface area (Å²) in [7, 11) is 0. The van der Waals surface area contributed by atoms with Crippen LogP contribution in [-0.2, 0) is 9.53 Å². The minimum absolute atomic E-state index is 0.0625. The fourth-order valence-corrected chi connectivity index (χ4v) is 11.3. The van der Waals surface area contributed by atoms with Crippen molar-refractivity contribution in [2.75, 3.05) is 0 Å². The SMILES string of the molecule is C[C@H]1[C@H](C)CC[C@@]23CC[C@]4(C)C(=CC[C@@H]5[C@]6(C)CC[C@H](OC2=O)C(C)(C)C6CC[C@]54C)[C@H]13. The first-order chi connectivity index (χ1) is 14.9. The minimum Gasteiger partial charge on any atom is -0.461 e. The van der Waals surface area contributed by atoms with Crippen molar-refractivity contribution in [3.05, 3.63) is 11.6 Å².